The molecular weight excluding hydrogens is 148 g/mol. The zero-order chi connectivity index (χ0) is 8.97. The minimum Gasteiger partial charge on any atom is -0.375 e. The molecule has 0 aliphatic rings. The van der Waals surface area contributed by atoms with Crippen LogP contribution < -0.4 is 10.6 Å². The Morgan fingerprint density at radius 1 is 1.25 bits per heavy atom. The molecule has 2 N–H and O–H groups in total. The molecule has 0 unspecified atom stereocenters. The van der Waals surface area contributed by atoms with Crippen LogP contribution in [0.1, 0.15) is 12.5 Å². The number of rotatable bonds is 3. The first kappa shape index (κ1) is 9.07. The van der Waals surface area contributed by atoms with Crippen molar-refractivity contribution < 1.29 is 0 Å². The van der Waals surface area contributed by atoms with Crippen LogP contribution in [0.15, 0.2) is 24.3 Å². The molecule has 0 amide bonds. The molecule has 0 atom stereocenters. The van der Waals surface area contributed by atoms with E-state index < -0.39 is 0 Å². The fraction of sp³-hybridized carbons (Fsp3) is 0.400. The average Bonchev–Trinajstić information content (AvgIpc) is 2.17. The fourth-order valence-electron chi connectivity index (χ4n) is 1.07. The number of nitrogens with zero attached hydrogens (tertiary/aromatic N) is 1. The lowest BCUT2D eigenvalue weighted by atomic mass is 10.2. The van der Waals surface area contributed by atoms with Gasteiger partial charge in [0, 0.05) is 25.8 Å². The Morgan fingerprint density at radius 3 is 2.25 bits per heavy atom. The summed E-state index contributed by atoms with van der Waals surface area (Å²) in [6.45, 7) is 3.79. The van der Waals surface area contributed by atoms with Gasteiger partial charge in [-0.05, 0) is 24.6 Å². The highest BCUT2D eigenvalue weighted by Gasteiger charge is 1.96. The monoisotopic (exact) mass is 164 g/mol. The van der Waals surface area contributed by atoms with Crippen LogP contribution in [0.3, 0.4) is 0 Å². The first-order valence-electron chi connectivity index (χ1n) is 4.28. The summed E-state index contributed by atoms with van der Waals surface area (Å²) in [5.74, 6) is 0. The van der Waals surface area contributed by atoms with Crippen molar-refractivity contribution in [3.8, 4) is 0 Å². The number of nitrogens with two attached hydrogens (primary N) is 1. The van der Waals surface area contributed by atoms with Gasteiger partial charge in [0.15, 0.2) is 0 Å². The van der Waals surface area contributed by atoms with E-state index >= 15 is 0 Å². The lowest BCUT2D eigenvalue weighted by Crippen LogP contribution is -2.15. The highest BCUT2D eigenvalue weighted by atomic mass is 15.1. The third-order valence-corrected chi connectivity index (χ3v) is 2.09. The van der Waals surface area contributed by atoms with E-state index in [0.717, 1.165) is 6.54 Å². The maximum atomic E-state index is 5.49. The van der Waals surface area contributed by atoms with Crippen molar-refractivity contribution in [3.05, 3.63) is 29.8 Å². The SMILES string of the molecule is CCN(C)c1ccc(CN)cc1. The molecule has 0 aromatic heterocycles. The first-order valence-corrected chi connectivity index (χ1v) is 4.28. The van der Waals surface area contributed by atoms with Gasteiger partial charge in [-0.3, -0.25) is 0 Å². The molecule has 2 nitrogen and oxygen atoms in total. The first-order chi connectivity index (χ1) is 5.77. The molecule has 66 valence electrons. The second-order valence-electron chi connectivity index (χ2n) is 2.88. The molecule has 0 saturated heterocycles. The Hall–Kier alpha value is -1.02. The number of hydrogen-bond donors (Lipinski definition) is 1. The number of benzene rings is 1. The molecule has 0 bridgehead atoms. The van der Waals surface area contributed by atoms with Crippen molar-refractivity contribution >= 4 is 5.69 Å². The van der Waals surface area contributed by atoms with E-state index in [2.05, 4.69) is 43.1 Å². The van der Waals surface area contributed by atoms with Gasteiger partial charge in [-0.15, -0.1) is 0 Å². The Balaban J connectivity index is 2.77. The van der Waals surface area contributed by atoms with Gasteiger partial charge in [0.1, 0.15) is 0 Å². The summed E-state index contributed by atoms with van der Waals surface area (Å²) in [6.07, 6.45) is 0. The van der Waals surface area contributed by atoms with Crippen LogP contribution in [0.5, 0.6) is 0 Å². The maximum absolute atomic E-state index is 5.49. The molecule has 0 radical (unpaired) electrons. The van der Waals surface area contributed by atoms with E-state index in [0.29, 0.717) is 6.54 Å². The predicted molar refractivity (Wildman–Crippen MR) is 53.3 cm³/mol. The largest absolute Gasteiger partial charge is 0.375 e. The third-order valence-electron chi connectivity index (χ3n) is 2.09. The molecule has 0 fully saturated rings. The summed E-state index contributed by atoms with van der Waals surface area (Å²) in [7, 11) is 2.08. The van der Waals surface area contributed by atoms with Crippen LogP contribution in [0.2, 0.25) is 0 Å². The van der Waals surface area contributed by atoms with Crippen molar-refractivity contribution in [2.24, 2.45) is 5.73 Å². The van der Waals surface area contributed by atoms with E-state index in [1.807, 2.05) is 0 Å². The van der Waals surface area contributed by atoms with Gasteiger partial charge in [0.2, 0.25) is 0 Å². The molecule has 1 rings (SSSR count). The lowest BCUT2D eigenvalue weighted by molar-refractivity contribution is 0.965. The summed E-state index contributed by atoms with van der Waals surface area (Å²) in [5, 5.41) is 0. The second-order valence-corrected chi connectivity index (χ2v) is 2.88. The van der Waals surface area contributed by atoms with Crippen LogP contribution in [0, 0.1) is 0 Å². The Morgan fingerprint density at radius 2 is 1.83 bits per heavy atom. The number of hydrogen-bond acceptors (Lipinski definition) is 2. The van der Waals surface area contributed by atoms with Crippen LogP contribution in [-0.2, 0) is 6.54 Å². The molecule has 0 spiro atoms. The molecule has 0 heterocycles. The van der Waals surface area contributed by atoms with E-state index in [4.69, 9.17) is 5.73 Å². The topological polar surface area (TPSA) is 29.3 Å². The zero-order valence-electron chi connectivity index (χ0n) is 7.75. The molecule has 2 heteroatoms. The van der Waals surface area contributed by atoms with Crippen molar-refractivity contribution in [3.63, 3.8) is 0 Å². The third kappa shape index (κ3) is 1.98. The van der Waals surface area contributed by atoms with Crippen LogP contribution in [0.25, 0.3) is 0 Å². The zero-order valence-corrected chi connectivity index (χ0v) is 7.75. The molecule has 12 heavy (non-hydrogen) atoms. The van der Waals surface area contributed by atoms with Gasteiger partial charge >= 0.3 is 0 Å². The Kier molecular flexibility index (Phi) is 3.11. The van der Waals surface area contributed by atoms with Crippen LogP contribution in [0.4, 0.5) is 5.69 Å². The summed E-state index contributed by atoms with van der Waals surface area (Å²) < 4.78 is 0. The highest BCUT2D eigenvalue weighted by molar-refractivity contribution is 5.46. The molecule has 1 aromatic carbocycles. The smallest absolute Gasteiger partial charge is 0.0363 e. The second kappa shape index (κ2) is 4.12. The summed E-state index contributed by atoms with van der Waals surface area (Å²) in [5.41, 5.74) is 7.92. The molecule has 0 aliphatic heterocycles. The summed E-state index contributed by atoms with van der Waals surface area (Å²) in [6, 6.07) is 8.35. The van der Waals surface area contributed by atoms with Gasteiger partial charge in [-0.2, -0.15) is 0 Å². The van der Waals surface area contributed by atoms with E-state index in [1.54, 1.807) is 0 Å². The van der Waals surface area contributed by atoms with Crippen molar-refractivity contribution in [1.29, 1.82) is 0 Å². The minimum absolute atomic E-state index is 0.621. The summed E-state index contributed by atoms with van der Waals surface area (Å²) in [4.78, 5) is 2.19. The quantitative estimate of drug-likeness (QED) is 0.735. The van der Waals surface area contributed by atoms with Gasteiger partial charge in [0.05, 0.1) is 0 Å². The van der Waals surface area contributed by atoms with E-state index in [1.165, 1.54) is 11.3 Å². The molecule has 0 aliphatic carbocycles. The number of anilines is 1. The van der Waals surface area contributed by atoms with Gasteiger partial charge < -0.3 is 10.6 Å². The van der Waals surface area contributed by atoms with Crippen LogP contribution in [-0.4, -0.2) is 13.6 Å². The normalized spacial score (nSPS) is 9.92. The van der Waals surface area contributed by atoms with Gasteiger partial charge in [-0.25, -0.2) is 0 Å². The molecule has 1 aromatic rings. The molecular formula is C10H16N2. The van der Waals surface area contributed by atoms with Crippen LogP contribution >= 0.6 is 0 Å². The maximum Gasteiger partial charge on any atom is 0.0363 e. The van der Waals surface area contributed by atoms with Gasteiger partial charge in [-0.1, -0.05) is 12.1 Å². The standard InChI is InChI=1S/C10H16N2/c1-3-12(2)10-6-4-9(8-11)5-7-10/h4-7H,3,8,11H2,1-2H3. The lowest BCUT2D eigenvalue weighted by Gasteiger charge is -2.16. The van der Waals surface area contributed by atoms with E-state index in [-0.39, 0.29) is 0 Å². The minimum atomic E-state index is 0.621. The van der Waals surface area contributed by atoms with Crippen molar-refractivity contribution in [1.82, 2.24) is 0 Å². The van der Waals surface area contributed by atoms with Crippen molar-refractivity contribution in [2.75, 3.05) is 18.5 Å². The summed E-state index contributed by atoms with van der Waals surface area (Å²) >= 11 is 0. The Labute approximate surface area is 74.0 Å². The Bertz CT molecular complexity index is 228. The molecule has 0 saturated carbocycles. The average molecular weight is 164 g/mol. The van der Waals surface area contributed by atoms with E-state index in [9.17, 15) is 0 Å². The van der Waals surface area contributed by atoms with Crippen molar-refractivity contribution in [2.45, 2.75) is 13.5 Å². The highest BCUT2D eigenvalue weighted by Crippen LogP contribution is 2.12. The fourth-order valence-corrected chi connectivity index (χ4v) is 1.07. The van der Waals surface area contributed by atoms with Gasteiger partial charge in [0.25, 0.3) is 0 Å². The predicted octanol–water partition coefficient (Wildman–Crippen LogP) is 1.60.